The molecule has 1 atom stereocenters. The molecule has 0 saturated carbocycles. The fourth-order valence-electron chi connectivity index (χ4n) is 4.09. The summed E-state index contributed by atoms with van der Waals surface area (Å²) in [5.41, 5.74) is 2.76. The molecular formula is C24H24FN5O2. The van der Waals surface area contributed by atoms with Crippen LogP contribution in [-0.2, 0) is 24.4 Å². The van der Waals surface area contributed by atoms with Gasteiger partial charge in [0.25, 0.3) is 5.56 Å². The zero-order valence-corrected chi connectivity index (χ0v) is 17.6. The van der Waals surface area contributed by atoms with E-state index in [0.29, 0.717) is 37.3 Å². The van der Waals surface area contributed by atoms with Crippen molar-refractivity contribution in [3.05, 3.63) is 88.2 Å². The largest absolute Gasteiger partial charge is 0.376 e. The maximum Gasteiger partial charge on any atom is 0.255 e. The van der Waals surface area contributed by atoms with Crippen LogP contribution in [0.3, 0.4) is 0 Å². The van der Waals surface area contributed by atoms with Crippen molar-refractivity contribution in [2.24, 2.45) is 0 Å². The van der Waals surface area contributed by atoms with Crippen molar-refractivity contribution in [3.8, 4) is 5.69 Å². The van der Waals surface area contributed by atoms with E-state index in [1.807, 2.05) is 36.4 Å². The quantitative estimate of drug-likeness (QED) is 0.485. The highest BCUT2D eigenvalue weighted by Gasteiger charge is 2.19. The molecule has 0 radical (unpaired) electrons. The molecule has 1 saturated heterocycles. The van der Waals surface area contributed by atoms with Gasteiger partial charge in [-0.3, -0.25) is 4.79 Å². The number of para-hydroxylation sites is 1. The molecule has 1 fully saturated rings. The van der Waals surface area contributed by atoms with Gasteiger partial charge in [-0.05, 0) is 54.6 Å². The maximum absolute atomic E-state index is 13.9. The Kier molecular flexibility index (Phi) is 5.79. The summed E-state index contributed by atoms with van der Waals surface area (Å²) in [5, 5.41) is 12.9. The molecule has 0 aliphatic carbocycles. The van der Waals surface area contributed by atoms with Gasteiger partial charge in [0.1, 0.15) is 5.82 Å². The molecule has 32 heavy (non-hydrogen) atoms. The minimum atomic E-state index is -0.356. The van der Waals surface area contributed by atoms with Crippen LogP contribution in [0, 0.1) is 5.82 Å². The molecule has 0 amide bonds. The van der Waals surface area contributed by atoms with E-state index in [1.165, 1.54) is 12.1 Å². The topological polar surface area (TPSA) is 74.0 Å². The zero-order valence-electron chi connectivity index (χ0n) is 17.6. The Hall–Kier alpha value is -3.36. The SMILES string of the molecule is O=c1c(CNCc2cnn(-c3ccccc3)n2)cc2ccc(F)cc2n1CC1CCCO1. The Bertz CT molecular complexity index is 1280. The van der Waals surface area contributed by atoms with Crippen LogP contribution in [0.5, 0.6) is 0 Å². The Balaban J connectivity index is 1.35. The fraction of sp³-hybridized carbons (Fsp3) is 0.292. The molecule has 4 aromatic rings. The number of pyridine rings is 1. The average molecular weight is 433 g/mol. The van der Waals surface area contributed by atoms with Gasteiger partial charge in [0.15, 0.2) is 0 Å². The average Bonchev–Trinajstić information content (AvgIpc) is 3.50. The van der Waals surface area contributed by atoms with Crippen molar-refractivity contribution in [1.82, 2.24) is 24.9 Å². The third-order valence-corrected chi connectivity index (χ3v) is 5.69. The summed E-state index contributed by atoms with van der Waals surface area (Å²) in [7, 11) is 0. The number of halogens is 1. The third kappa shape index (κ3) is 4.32. The smallest absolute Gasteiger partial charge is 0.255 e. The summed E-state index contributed by atoms with van der Waals surface area (Å²) in [6.45, 7) is 1.98. The van der Waals surface area contributed by atoms with Gasteiger partial charge in [0.05, 0.1) is 35.7 Å². The molecule has 2 aromatic heterocycles. The highest BCUT2D eigenvalue weighted by Crippen LogP contribution is 2.19. The first-order valence-electron chi connectivity index (χ1n) is 10.8. The van der Waals surface area contributed by atoms with E-state index in [9.17, 15) is 9.18 Å². The summed E-state index contributed by atoms with van der Waals surface area (Å²) in [5.74, 6) is -0.356. The molecule has 5 rings (SSSR count). The van der Waals surface area contributed by atoms with E-state index >= 15 is 0 Å². The second-order valence-corrected chi connectivity index (χ2v) is 7.99. The van der Waals surface area contributed by atoms with Gasteiger partial charge >= 0.3 is 0 Å². The van der Waals surface area contributed by atoms with E-state index in [4.69, 9.17) is 4.74 Å². The first-order valence-corrected chi connectivity index (χ1v) is 10.8. The summed E-state index contributed by atoms with van der Waals surface area (Å²) in [6.07, 6.45) is 3.58. The molecule has 3 heterocycles. The normalized spacial score (nSPS) is 16.1. The lowest BCUT2D eigenvalue weighted by Crippen LogP contribution is -2.31. The van der Waals surface area contributed by atoms with Crippen molar-refractivity contribution < 1.29 is 9.13 Å². The first-order chi connectivity index (χ1) is 15.7. The lowest BCUT2D eigenvalue weighted by molar-refractivity contribution is 0.0971. The number of nitrogens with one attached hydrogen (secondary N) is 1. The Morgan fingerprint density at radius 2 is 2.00 bits per heavy atom. The van der Waals surface area contributed by atoms with E-state index in [0.717, 1.165) is 29.6 Å². The van der Waals surface area contributed by atoms with Crippen LogP contribution in [0.15, 0.2) is 65.6 Å². The Morgan fingerprint density at radius 1 is 1.12 bits per heavy atom. The number of rotatable bonds is 7. The monoisotopic (exact) mass is 433 g/mol. The minimum Gasteiger partial charge on any atom is -0.376 e. The number of hydrogen-bond acceptors (Lipinski definition) is 5. The maximum atomic E-state index is 13.9. The highest BCUT2D eigenvalue weighted by molar-refractivity contribution is 5.79. The van der Waals surface area contributed by atoms with Gasteiger partial charge in [-0.1, -0.05) is 18.2 Å². The van der Waals surface area contributed by atoms with Crippen molar-refractivity contribution in [3.63, 3.8) is 0 Å². The van der Waals surface area contributed by atoms with Crippen LogP contribution >= 0.6 is 0 Å². The highest BCUT2D eigenvalue weighted by atomic mass is 19.1. The van der Waals surface area contributed by atoms with Gasteiger partial charge in [0, 0.05) is 25.3 Å². The van der Waals surface area contributed by atoms with Gasteiger partial charge in [0.2, 0.25) is 0 Å². The van der Waals surface area contributed by atoms with Crippen LogP contribution < -0.4 is 10.9 Å². The number of ether oxygens (including phenoxy) is 1. The van der Waals surface area contributed by atoms with Crippen molar-refractivity contribution >= 4 is 10.9 Å². The van der Waals surface area contributed by atoms with Crippen LogP contribution in [0.2, 0.25) is 0 Å². The zero-order chi connectivity index (χ0) is 21.9. The molecule has 0 spiro atoms. The molecule has 1 N–H and O–H groups in total. The second-order valence-electron chi connectivity index (χ2n) is 7.99. The van der Waals surface area contributed by atoms with E-state index < -0.39 is 0 Å². The van der Waals surface area contributed by atoms with Gasteiger partial charge in [-0.25, -0.2) is 4.39 Å². The fourth-order valence-corrected chi connectivity index (χ4v) is 4.09. The lowest BCUT2D eigenvalue weighted by atomic mass is 10.1. The molecule has 7 nitrogen and oxygen atoms in total. The van der Waals surface area contributed by atoms with E-state index in [1.54, 1.807) is 21.6 Å². The molecule has 1 aliphatic rings. The van der Waals surface area contributed by atoms with E-state index in [-0.39, 0.29) is 17.5 Å². The van der Waals surface area contributed by atoms with Gasteiger partial charge in [-0.15, -0.1) is 0 Å². The molecular weight excluding hydrogens is 409 g/mol. The molecule has 1 aliphatic heterocycles. The summed E-state index contributed by atoms with van der Waals surface area (Å²) >= 11 is 0. The summed E-state index contributed by atoms with van der Waals surface area (Å²) < 4.78 is 21.3. The van der Waals surface area contributed by atoms with Crippen LogP contribution in [0.25, 0.3) is 16.6 Å². The van der Waals surface area contributed by atoms with Gasteiger partial charge < -0.3 is 14.6 Å². The number of aromatic nitrogens is 4. The predicted octanol–water partition coefficient (Wildman–Crippen LogP) is 3.19. The summed E-state index contributed by atoms with van der Waals surface area (Å²) in [4.78, 5) is 14.8. The van der Waals surface area contributed by atoms with Crippen molar-refractivity contribution in [2.75, 3.05) is 6.61 Å². The molecule has 8 heteroatoms. The predicted molar refractivity (Wildman–Crippen MR) is 119 cm³/mol. The Morgan fingerprint density at radius 3 is 2.81 bits per heavy atom. The third-order valence-electron chi connectivity index (χ3n) is 5.69. The molecule has 164 valence electrons. The van der Waals surface area contributed by atoms with Gasteiger partial charge in [-0.2, -0.15) is 15.0 Å². The lowest BCUT2D eigenvalue weighted by Gasteiger charge is -2.16. The number of hydrogen-bond donors (Lipinski definition) is 1. The van der Waals surface area contributed by atoms with Crippen LogP contribution in [0.4, 0.5) is 4.39 Å². The summed E-state index contributed by atoms with van der Waals surface area (Å²) in [6, 6.07) is 16.1. The molecule has 0 bridgehead atoms. The number of fused-ring (bicyclic) bond motifs is 1. The second kappa shape index (κ2) is 9.02. The minimum absolute atomic E-state index is 0.0181. The Labute approximate surface area is 184 Å². The standard InChI is InChI=1S/C24H24FN5O2/c25-19-9-8-17-11-18(24(31)29(23(17)12-19)16-22-7-4-10-32-22)13-26-14-20-15-27-30(28-20)21-5-2-1-3-6-21/h1-3,5-6,8-9,11-12,15,22,26H,4,7,10,13-14,16H2. The van der Waals surface area contributed by atoms with Crippen LogP contribution in [0.1, 0.15) is 24.1 Å². The first kappa shape index (κ1) is 20.5. The number of benzene rings is 2. The van der Waals surface area contributed by atoms with Crippen molar-refractivity contribution in [1.29, 1.82) is 0 Å². The number of nitrogens with zero attached hydrogens (tertiary/aromatic N) is 4. The molecule has 2 aromatic carbocycles. The van der Waals surface area contributed by atoms with Crippen molar-refractivity contribution in [2.45, 2.75) is 38.6 Å². The van der Waals surface area contributed by atoms with Crippen LogP contribution in [-0.4, -0.2) is 32.3 Å². The molecule has 1 unspecified atom stereocenters. The van der Waals surface area contributed by atoms with E-state index in [2.05, 4.69) is 15.5 Å².